The Hall–Kier alpha value is -1.32. The van der Waals surface area contributed by atoms with Crippen LogP contribution in [-0.4, -0.2) is 5.11 Å². The molecule has 1 aliphatic carbocycles. The first-order valence-corrected chi connectivity index (χ1v) is 7.70. The zero-order chi connectivity index (χ0) is 13.9. The second-order valence-electron chi connectivity index (χ2n) is 5.15. The number of aliphatic hydroxyl groups is 1. The summed E-state index contributed by atoms with van der Waals surface area (Å²) in [5.74, 6) is 0.869. The van der Waals surface area contributed by atoms with E-state index in [1.165, 1.54) is 5.56 Å². The van der Waals surface area contributed by atoms with E-state index in [1.807, 2.05) is 36.4 Å². The van der Waals surface area contributed by atoms with Crippen LogP contribution in [0, 0.1) is 0 Å². The van der Waals surface area contributed by atoms with E-state index >= 15 is 0 Å². The zero-order valence-corrected chi connectivity index (χ0v) is 12.8. The highest BCUT2D eigenvalue weighted by atomic mass is 79.9. The molecule has 0 bridgehead atoms. The van der Waals surface area contributed by atoms with Gasteiger partial charge in [0.2, 0.25) is 0 Å². The predicted octanol–water partition coefficient (Wildman–Crippen LogP) is 4.40. The maximum atomic E-state index is 9.95. The Labute approximate surface area is 127 Å². The maximum Gasteiger partial charge on any atom is 0.120 e. The molecule has 104 valence electrons. The smallest absolute Gasteiger partial charge is 0.120 e. The Morgan fingerprint density at radius 1 is 1.20 bits per heavy atom. The first-order chi connectivity index (χ1) is 9.74. The number of ether oxygens (including phenoxy) is 1. The van der Waals surface area contributed by atoms with Crippen LogP contribution in [0.5, 0.6) is 5.75 Å². The van der Waals surface area contributed by atoms with Crippen LogP contribution in [0.1, 0.15) is 35.6 Å². The van der Waals surface area contributed by atoms with Gasteiger partial charge >= 0.3 is 0 Å². The van der Waals surface area contributed by atoms with Crippen molar-refractivity contribution in [2.75, 3.05) is 0 Å². The summed E-state index contributed by atoms with van der Waals surface area (Å²) in [4.78, 5) is 0. The molecule has 0 aliphatic heterocycles. The van der Waals surface area contributed by atoms with Crippen molar-refractivity contribution in [3.8, 4) is 5.75 Å². The Bertz CT molecular complexity index is 610. The lowest BCUT2D eigenvalue weighted by atomic mass is 9.89. The van der Waals surface area contributed by atoms with Crippen molar-refractivity contribution in [3.63, 3.8) is 0 Å². The topological polar surface area (TPSA) is 29.5 Å². The van der Waals surface area contributed by atoms with Crippen LogP contribution in [0.2, 0.25) is 0 Å². The molecular weight excluding hydrogens is 316 g/mol. The van der Waals surface area contributed by atoms with Gasteiger partial charge < -0.3 is 9.84 Å². The highest BCUT2D eigenvalue weighted by Crippen LogP contribution is 2.32. The van der Waals surface area contributed by atoms with E-state index in [4.69, 9.17) is 4.74 Å². The minimum absolute atomic E-state index is 0.309. The van der Waals surface area contributed by atoms with E-state index < -0.39 is 0 Å². The molecule has 0 spiro atoms. The van der Waals surface area contributed by atoms with Gasteiger partial charge in [0.15, 0.2) is 0 Å². The van der Waals surface area contributed by atoms with Crippen LogP contribution in [0.3, 0.4) is 0 Å². The Balaban J connectivity index is 1.74. The third-order valence-electron chi connectivity index (χ3n) is 3.75. The van der Waals surface area contributed by atoms with E-state index in [-0.39, 0.29) is 6.10 Å². The van der Waals surface area contributed by atoms with Gasteiger partial charge in [-0.15, -0.1) is 0 Å². The normalized spacial score (nSPS) is 17.6. The highest BCUT2D eigenvalue weighted by molar-refractivity contribution is 9.10. The number of halogens is 1. The fourth-order valence-electron chi connectivity index (χ4n) is 2.63. The third-order valence-corrected chi connectivity index (χ3v) is 4.52. The number of rotatable bonds is 3. The largest absolute Gasteiger partial charge is 0.489 e. The lowest BCUT2D eigenvalue weighted by Crippen LogP contribution is -2.09. The quantitative estimate of drug-likeness (QED) is 0.902. The van der Waals surface area contributed by atoms with Crippen LogP contribution < -0.4 is 4.74 Å². The number of aliphatic hydroxyl groups excluding tert-OH is 1. The molecule has 0 saturated heterocycles. The monoisotopic (exact) mass is 332 g/mol. The minimum atomic E-state index is -0.309. The molecule has 20 heavy (non-hydrogen) atoms. The first-order valence-electron chi connectivity index (χ1n) is 6.91. The van der Waals surface area contributed by atoms with Crippen molar-refractivity contribution in [3.05, 3.63) is 63.6 Å². The van der Waals surface area contributed by atoms with Gasteiger partial charge in [-0.05, 0) is 48.6 Å². The fraction of sp³-hybridized carbons (Fsp3) is 0.294. The van der Waals surface area contributed by atoms with Crippen molar-refractivity contribution in [1.82, 2.24) is 0 Å². The number of hydrogen-bond donors (Lipinski definition) is 1. The minimum Gasteiger partial charge on any atom is -0.489 e. The molecule has 1 N–H and O–H groups in total. The highest BCUT2D eigenvalue weighted by Gasteiger charge is 2.18. The molecule has 1 atom stereocenters. The van der Waals surface area contributed by atoms with Crippen molar-refractivity contribution in [2.24, 2.45) is 0 Å². The summed E-state index contributed by atoms with van der Waals surface area (Å²) in [5, 5.41) is 9.95. The fourth-order valence-corrected chi connectivity index (χ4v) is 3.03. The van der Waals surface area contributed by atoms with Gasteiger partial charge in [-0.2, -0.15) is 0 Å². The van der Waals surface area contributed by atoms with Gasteiger partial charge in [-0.1, -0.05) is 40.2 Å². The lowest BCUT2D eigenvalue weighted by molar-refractivity contribution is 0.156. The average Bonchev–Trinajstić information content (AvgIpc) is 2.46. The molecule has 0 radical (unpaired) electrons. The molecule has 1 aliphatic rings. The van der Waals surface area contributed by atoms with Crippen molar-refractivity contribution < 1.29 is 9.84 Å². The van der Waals surface area contributed by atoms with E-state index in [9.17, 15) is 5.11 Å². The molecule has 0 fully saturated rings. The second kappa shape index (κ2) is 5.98. The molecule has 2 aromatic rings. The average molecular weight is 333 g/mol. The zero-order valence-electron chi connectivity index (χ0n) is 11.2. The number of hydrogen-bond acceptors (Lipinski definition) is 2. The third kappa shape index (κ3) is 2.89. The standard InChI is InChI=1S/C17H17BrO2/c18-16-6-2-1-4-13(16)11-20-14-8-9-15-12(10-14)5-3-7-17(15)19/h1-2,4,6,8-10,17,19H,3,5,7,11H2. The SMILES string of the molecule is OC1CCCc2cc(OCc3ccccc3Br)ccc21. The van der Waals surface area contributed by atoms with Crippen LogP contribution in [0.15, 0.2) is 46.9 Å². The van der Waals surface area contributed by atoms with Crippen molar-refractivity contribution in [2.45, 2.75) is 32.0 Å². The molecule has 2 nitrogen and oxygen atoms in total. The second-order valence-corrected chi connectivity index (χ2v) is 6.00. The summed E-state index contributed by atoms with van der Waals surface area (Å²) >= 11 is 3.52. The number of fused-ring (bicyclic) bond motifs is 1. The molecule has 2 aromatic carbocycles. The summed E-state index contributed by atoms with van der Waals surface area (Å²) in [6, 6.07) is 14.1. The van der Waals surface area contributed by atoms with E-state index in [2.05, 4.69) is 22.0 Å². The molecule has 0 aromatic heterocycles. The molecule has 1 unspecified atom stereocenters. The number of benzene rings is 2. The Morgan fingerprint density at radius 3 is 2.90 bits per heavy atom. The van der Waals surface area contributed by atoms with Gasteiger partial charge in [0.05, 0.1) is 6.10 Å². The molecule has 0 heterocycles. The van der Waals surface area contributed by atoms with Crippen LogP contribution in [0.25, 0.3) is 0 Å². The molecule has 3 rings (SSSR count). The van der Waals surface area contributed by atoms with E-state index in [0.717, 1.165) is 40.6 Å². The van der Waals surface area contributed by atoms with Crippen LogP contribution in [-0.2, 0) is 13.0 Å². The Morgan fingerprint density at radius 2 is 2.05 bits per heavy atom. The molecule has 0 saturated carbocycles. The summed E-state index contributed by atoms with van der Waals surface area (Å²) < 4.78 is 6.93. The van der Waals surface area contributed by atoms with Gasteiger partial charge in [-0.25, -0.2) is 0 Å². The Kier molecular flexibility index (Phi) is 4.08. The first kappa shape index (κ1) is 13.7. The predicted molar refractivity (Wildman–Crippen MR) is 82.8 cm³/mol. The molecule has 0 amide bonds. The summed E-state index contributed by atoms with van der Waals surface area (Å²) in [7, 11) is 0. The maximum absolute atomic E-state index is 9.95. The van der Waals surface area contributed by atoms with Crippen LogP contribution >= 0.6 is 15.9 Å². The lowest BCUT2D eigenvalue weighted by Gasteiger charge is -2.21. The van der Waals surface area contributed by atoms with Gasteiger partial charge in [0.25, 0.3) is 0 Å². The summed E-state index contributed by atoms with van der Waals surface area (Å²) in [5.41, 5.74) is 3.41. The van der Waals surface area contributed by atoms with Gasteiger partial charge in [-0.3, -0.25) is 0 Å². The van der Waals surface area contributed by atoms with E-state index in [1.54, 1.807) is 0 Å². The summed E-state index contributed by atoms with van der Waals surface area (Å²) in [6.07, 6.45) is 2.63. The van der Waals surface area contributed by atoms with Crippen LogP contribution in [0.4, 0.5) is 0 Å². The van der Waals surface area contributed by atoms with Gasteiger partial charge in [0, 0.05) is 10.0 Å². The number of aryl methyl sites for hydroxylation is 1. The van der Waals surface area contributed by atoms with Crippen molar-refractivity contribution in [1.29, 1.82) is 0 Å². The van der Waals surface area contributed by atoms with Gasteiger partial charge in [0.1, 0.15) is 12.4 Å². The summed E-state index contributed by atoms with van der Waals surface area (Å²) in [6.45, 7) is 0.544. The van der Waals surface area contributed by atoms with Crippen molar-refractivity contribution >= 4 is 15.9 Å². The molecular formula is C17H17BrO2. The molecule has 3 heteroatoms. The van der Waals surface area contributed by atoms with E-state index in [0.29, 0.717) is 6.61 Å².